The second kappa shape index (κ2) is 7.32. The number of nitrogens with zero attached hydrogens (tertiary/aromatic N) is 1. The van der Waals surface area contributed by atoms with Crippen LogP contribution in [0.15, 0.2) is 69.4 Å². The lowest BCUT2D eigenvalue weighted by Gasteiger charge is -2.09. The van der Waals surface area contributed by atoms with Gasteiger partial charge in [-0.05, 0) is 53.4 Å². The molecule has 146 valence electrons. The van der Waals surface area contributed by atoms with Crippen molar-refractivity contribution in [3.05, 3.63) is 60.2 Å². The molecule has 0 aliphatic heterocycles. The van der Waals surface area contributed by atoms with Crippen molar-refractivity contribution in [2.75, 3.05) is 7.11 Å². The zero-order valence-electron chi connectivity index (χ0n) is 14.5. The van der Waals surface area contributed by atoms with Crippen LogP contribution in [0.1, 0.15) is 5.56 Å². The molecule has 0 bridgehead atoms. The van der Waals surface area contributed by atoms with Crippen LogP contribution in [0.25, 0.3) is 10.8 Å². The summed E-state index contributed by atoms with van der Waals surface area (Å²) in [5.74, 6) is 0.661. The van der Waals surface area contributed by atoms with Gasteiger partial charge in [0, 0.05) is 11.6 Å². The Morgan fingerprint density at radius 3 is 2.18 bits per heavy atom. The minimum atomic E-state index is -4.79. The van der Waals surface area contributed by atoms with Gasteiger partial charge in [-0.15, -0.1) is 0 Å². The molecule has 0 atom stereocenters. The van der Waals surface area contributed by atoms with Crippen molar-refractivity contribution in [2.45, 2.75) is 9.79 Å². The zero-order chi connectivity index (χ0) is 20.5. The van der Waals surface area contributed by atoms with E-state index in [1.165, 1.54) is 25.5 Å². The van der Waals surface area contributed by atoms with Gasteiger partial charge in [0.05, 0.1) is 17.7 Å². The molecule has 8 nitrogen and oxygen atoms in total. The van der Waals surface area contributed by atoms with Gasteiger partial charge in [0.25, 0.3) is 20.2 Å². The SMILES string of the molecule is COc1ccc(C=Nc2cccc3cc(S(=O)(=O)O)cc(S(=O)(=O)O)c23)cc1. The largest absolute Gasteiger partial charge is 0.497 e. The van der Waals surface area contributed by atoms with Crippen molar-refractivity contribution in [3.63, 3.8) is 0 Å². The monoisotopic (exact) mass is 421 g/mol. The van der Waals surface area contributed by atoms with Crippen LogP contribution in [0, 0.1) is 0 Å². The maximum absolute atomic E-state index is 11.8. The first-order valence-corrected chi connectivity index (χ1v) is 10.7. The summed E-state index contributed by atoms with van der Waals surface area (Å²) in [7, 11) is -7.93. The van der Waals surface area contributed by atoms with Crippen molar-refractivity contribution in [1.82, 2.24) is 0 Å². The van der Waals surface area contributed by atoms with Crippen LogP contribution in [-0.2, 0) is 20.2 Å². The van der Waals surface area contributed by atoms with Crippen molar-refractivity contribution in [2.24, 2.45) is 4.99 Å². The molecule has 28 heavy (non-hydrogen) atoms. The molecule has 0 fully saturated rings. The normalized spacial score (nSPS) is 12.5. The molecule has 0 heterocycles. The average molecular weight is 421 g/mol. The highest BCUT2D eigenvalue weighted by Crippen LogP contribution is 2.34. The fourth-order valence-corrected chi connectivity index (χ4v) is 4.01. The van der Waals surface area contributed by atoms with E-state index < -0.39 is 30.0 Å². The summed E-state index contributed by atoms with van der Waals surface area (Å²) in [6.07, 6.45) is 1.48. The predicted octanol–water partition coefficient (Wildman–Crippen LogP) is 3.09. The van der Waals surface area contributed by atoms with E-state index in [9.17, 15) is 25.9 Å². The summed E-state index contributed by atoms with van der Waals surface area (Å²) in [6.45, 7) is 0. The maximum atomic E-state index is 11.8. The first-order valence-electron chi connectivity index (χ1n) is 7.79. The third kappa shape index (κ3) is 4.20. The minimum Gasteiger partial charge on any atom is -0.497 e. The van der Waals surface area contributed by atoms with Crippen LogP contribution in [-0.4, -0.2) is 39.3 Å². The molecular weight excluding hydrogens is 406 g/mol. The molecule has 0 saturated carbocycles. The number of hydrogen-bond acceptors (Lipinski definition) is 6. The van der Waals surface area contributed by atoms with Gasteiger partial charge in [-0.1, -0.05) is 12.1 Å². The van der Waals surface area contributed by atoms with Crippen molar-refractivity contribution < 1.29 is 30.7 Å². The number of ether oxygens (including phenoxy) is 1. The second-order valence-electron chi connectivity index (χ2n) is 5.78. The van der Waals surface area contributed by atoms with Gasteiger partial charge in [0.1, 0.15) is 10.6 Å². The van der Waals surface area contributed by atoms with E-state index in [-0.39, 0.29) is 16.5 Å². The number of aliphatic imine (C=N–C) groups is 1. The fraction of sp³-hybridized carbons (Fsp3) is 0.0556. The second-order valence-corrected chi connectivity index (χ2v) is 8.59. The molecule has 3 rings (SSSR count). The van der Waals surface area contributed by atoms with Gasteiger partial charge in [-0.25, -0.2) is 0 Å². The highest BCUT2D eigenvalue weighted by molar-refractivity contribution is 7.86. The van der Waals surface area contributed by atoms with Crippen molar-refractivity contribution in [1.29, 1.82) is 0 Å². The van der Waals surface area contributed by atoms with Crippen LogP contribution in [0.2, 0.25) is 0 Å². The minimum absolute atomic E-state index is 0.0298. The Bertz CT molecular complexity index is 1280. The number of methoxy groups -OCH3 is 1. The van der Waals surface area contributed by atoms with E-state index in [0.29, 0.717) is 17.4 Å². The van der Waals surface area contributed by atoms with E-state index in [0.717, 1.165) is 6.07 Å². The first-order chi connectivity index (χ1) is 13.1. The third-order valence-corrected chi connectivity index (χ3v) is 5.65. The molecule has 0 aromatic heterocycles. The Morgan fingerprint density at radius 1 is 0.929 bits per heavy atom. The molecule has 0 unspecified atom stereocenters. The van der Waals surface area contributed by atoms with Gasteiger partial charge < -0.3 is 4.74 Å². The summed E-state index contributed by atoms with van der Waals surface area (Å²) < 4.78 is 70.5. The molecule has 0 spiro atoms. The van der Waals surface area contributed by atoms with Crippen LogP contribution in [0.5, 0.6) is 5.75 Å². The zero-order valence-corrected chi connectivity index (χ0v) is 16.1. The molecule has 3 aromatic carbocycles. The van der Waals surface area contributed by atoms with Crippen molar-refractivity contribution >= 4 is 42.9 Å². The van der Waals surface area contributed by atoms with Crippen molar-refractivity contribution in [3.8, 4) is 5.75 Å². The standard InChI is InChI=1S/C18H15NO7S2/c1-26-14-7-5-12(6-8-14)11-19-16-4-2-3-13-9-15(27(20,21)22)10-17(18(13)16)28(23,24)25/h2-11H,1H3,(H,20,21,22)(H,23,24,25). The Labute approximate surface area is 161 Å². The average Bonchev–Trinajstić information content (AvgIpc) is 2.64. The Morgan fingerprint density at radius 2 is 1.61 bits per heavy atom. The highest BCUT2D eigenvalue weighted by atomic mass is 32.2. The molecule has 0 saturated heterocycles. The lowest BCUT2D eigenvalue weighted by Crippen LogP contribution is -2.04. The molecule has 0 radical (unpaired) electrons. The molecule has 2 N–H and O–H groups in total. The molecular formula is C18H15NO7S2. The molecule has 0 aliphatic rings. The van der Waals surface area contributed by atoms with E-state index in [2.05, 4.69) is 4.99 Å². The van der Waals surface area contributed by atoms with Gasteiger partial charge in [0.2, 0.25) is 0 Å². The van der Waals surface area contributed by atoms with Gasteiger partial charge >= 0.3 is 0 Å². The van der Waals surface area contributed by atoms with Crippen LogP contribution < -0.4 is 4.74 Å². The summed E-state index contributed by atoms with van der Waals surface area (Å²) >= 11 is 0. The summed E-state index contributed by atoms with van der Waals surface area (Å²) in [5.41, 5.74) is 0.906. The molecule has 3 aromatic rings. The topological polar surface area (TPSA) is 130 Å². The fourth-order valence-electron chi connectivity index (χ4n) is 2.64. The number of rotatable bonds is 5. The van der Waals surface area contributed by atoms with Crippen LogP contribution >= 0.6 is 0 Å². The molecule has 10 heteroatoms. The molecule has 0 aliphatic carbocycles. The molecule has 0 amide bonds. The van der Waals surface area contributed by atoms with Crippen LogP contribution in [0.3, 0.4) is 0 Å². The summed E-state index contributed by atoms with van der Waals surface area (Å²) in [6, 6.07) is 13.3. The van der Waals surface area contributed by atoms with Crippen LogP contribution in [0.4, 0.5) is 5.69 Å². The number of benzene rings is 3. The maximum Gasteiger partial charge on any atom is 0.295 e. The Balaban J connectivity index is 2.22. The Hall–Kier alpha value is -2.79. The summed E-state index contributed by atoms with van der Waals surface area (Å²) in [4.78, 5) is 2.96. The predicted molar refractivity (Wildman–Crippen MR) is 104 cm³/mol. The smallest absolute Gasteiger partial charge is 0.295 e. The lowest BCUT2D eigenvalue weighted by molar-refractivity contribution is 0.415. The highest BCUT2D eigenvalue weighted by Gasteiger charge is 2.22. The Kier molecular flexibility index (Phi) is 5.22. The first kappa shape index (κ1) is 20.0. The summed E-state index contributed by atoms with van der Waals surface area (Å²) in [5, 5.41) is 0.203. The quantitative estimate of drug-likeness (QED) is 0.478. The van der Waals surface area contributed by atoms with Gasteiger partial charge in [0.15, 0.2) is 0 Å². The lowest BCUT2D eigenvalue weighted by atomic mass is 10.1. The number of fused-ring (bicyclic) bond motifs is 1. The van der Waals surface area contributed by atoms with E-state index in [1.54, 1.807) is 30.3 Å². The van der Waals surface area contributed by atoms with Gasteiger partial charge in [-0.3, -0.25) is 14.1 Å². The number of hydrogen-bond donors (Lipinski definition) is 2. The third-order valence-electron chi connectivity index (χ3n) is 3.94. The van der Waals surface area contributed by atoms with E-state index in [4.69, 9.17) is 4.74 Å². The van der Waals surface area contributed by atoms with E-state index in [1.807, 2.05) is 0 Å². The van der Waals surface area contributed by atoms with Gasteiger partial charge in [-0.2, -0.15) is 16.8 Å². The van der Waals surface area contributed by atoms with E-state index >= 15 is 0 Å².